The minimum atomic E-state index is -0.375. The number of halogens is 2. The molecule has 140 valence electrons. The van der Waals surface area contributed by atoms with Gasteiger partial charge in [-0.25, -0.2) is 4.39 Å². The van der Waals surface area contributed by atoms with E-state index in [0.717, 1.165) is 0 Å². The van der Waals surface area contributed by atoms with Crippen LogP contribution < -0.4 is 5.73 Å². The van der Waals surface area contributed by atoms with E-state index in [-0.39, 0.29) is 43.0 Å². The van der Waals surface area contributed by atoms with Gasteiger partial charge in [0.2, 0.25) is 5.91 Å². The molecule has 0 atom stereocenters. The number of piperazine rings is 1. The van der Waals surface area contributed by atoms with Crippen LogP contribution in [0.25, 0.3) is 0 Å². The van der Waals surface area contributed by atoms with Crippen LogP contribution in [0.15, 0.2) is 41.0 Å². The van der Waals surface area contributed by atoms with Crippen LogP contribution in [-0.4, -0.2) is 47.8 Å². The number of rotatable bonds is 4. The number of nitrogens with zero attached hydrogens (tertiary/aromatic N) is 2. The molecule has 1 fully saturated rings. The lowest BCUT2D eigenvalue weighted by molar-refractivity contribution is -0.132. The zero-order valence-corrected chi connectivity index (χ0v) is 15.0. The average Bonchev–Trinajstić information content (AvgIpc) is 3.12. The molecule has 2 amide bonds. The molecule has 0 bridgehead atoms. The molecule has 0 aliphatic carbocycles. The van der Waals surface area contributed by atoms with E-state index in [1.807, 2.05) is 0 Å². The van der Waals surface area contributed by atoms with Gasteiger partial charge in [0.05, 0.1) is 18.5 Å². The number of hydrogen-bond donors (Lipinski definition) is 1. The quantitative estimate of drug-likeness (QED) is 0.876. The summed E-state index contributed by atoms with van der Waals surface area (Å²) in [7, 11) is 0. The Morgan fingerprint density at radius 1 is 1.12 bits per heavy atom. The van der Waals surface area contributed by atoms with E-state index in [9.17, 15) is 14.0 Å². The second kappa shape index (κ2) is 8.82. The van der Waals surface area contributed by atoms with Crippen molar-refractivity contribution in [3.63, 3.8) is 0 Å². The zero-order chi connectivity index (χ0) is 17.8. The third-order valence-corrected chi connectivity index (χ3v) is 4.32. The van der Waals surface area contributed by atoms with Crippen LogP contribution in [0.2, 0.25) is 0 Å². The second-order valence-electron chi connectivity index (χ2n) is 5.95. The second-order valence-corrected chi connectivity index (χ2v) is 5.95. The Kier molecular flexibility index (Phi) is 6.76. The third-order valence-electron chi connectivity index (χ3n) is 4.32. The summed E-state index contributed by atoms with van der Waals surface area (Å²) in [5, 5.41) is 0. The SMILES string of the molecule is Cl.NCc1cc(C(=O)N2CCN(C(=O)Cc3ccccc3F)CC2)co1. The summed E-state index contributed by atoms with van der Waals surface area (Å²) < 4.78 is 18.9. The van der Waals surface area contributed by atoms with Gasteiger partial charge in [0.15, 0.2) is 0 Å². The highest BCUT2D eigenvalue weighted by atomic mass is 35.5. The zero-order valence-electron chi connectivity index (χ0n) is 14.2. The fraction of sp³-hybridized carbons (Fsp3) is 0.333. The predicted molar refractivity (Wildman–Crippen MR) is 96.4 cm³/mol. The summed E-state index contributed by atoms with van der Waals surface area (Å²) in [6, 6.07) is 7.90. The van der Waals surface area contributed by atoms with E-state index in [0.29, 0.717) is 43.1 Å². The van der Waals surface area contributed by atoms with Gasteiger partial charge in [-0.1, -0.05) is 18.2 Å². The molecule has 1 aromatic carbocycles. The molecule has 2 aromatic rings. The van der Waals surface area contributed by atoms with Gasteiger partial charge in [0.1, 0.15) is 17.8 Å². The number of hydrogen-bond acceptors (Lipinski definition) is 4. The highest BCUT2D eigenvalue weighted by molar-refractivity contribution is 5.94. The highest BCUT2D eigenvalue weighted by Gasteiger charge is 2.26. The predicted octanol–water partition coefficient (Wildman–Crippen LogP) is 1.83. The maximum absolute atomic E-state index is 13.7. The topological polar surface area (TPSA) is 79.8 Å². The lowest BCUT2D eigenvalue weighted by Crippen LogP contribution is -2.51. The molecule has 3 rings (SSSR count). The molecule has 8 heteroatoms. The summed E-state index contributed by atoms with van der Waals surface area (Å²) in [5.74, 6) is -0.0852. The van der Waals surface area contributed by atoms with E-state index in [4.69, 9.17) is 10.2 Å². The Balaban J connectivity index is 0.00000243. The lowest BCUT2D eigenvalue weighted by Gasteiger charge is -2.34. The van der Waals surface area contributed by atoms with E-state index in [2.05, 4.69) is 0 Å². The molecular weight excluding hydrogens is 361 g/mol. The molecule has 6 nitrogen and oxygen atoms in total. The molecule has 1 aliphatic rings. The smallest absolute Gasteiger partial charge is 0.257 e. The largest absolute Gasteiger partial charge is 0.467 e. The van der Waals surface area contributed by atoms with Crippen LogP contribution in [0.3, 0.4) is 0 Å². The van der Waals surface area contributed by atoms with Crippen LogP contribution in [0.1, 0.15) is 21.7 Å². The Hall–Kier alpha value is -2.38. The van der Waals surface area contributed by atoms with Crippen molar-refractivity contribution in [1.29, 1.82) is 0 Å². The van der Waals surface area contributed by atoms with Gasteiger partial charge in [-0.2, -0.15) is 0 Å². The van der Waals surface area contributed by atoms with Crippen molar-refractivity contribution in [1.82, 2.24) is 9.80 Å². The fourth-order valence-corrected chi connectivity index (χ4v) is 2.86. The first-order valence-corrected chi connectivity index (χ1v) is 8.16. The van der Waals surface area contributed by atoms with Crippen LogP contribution in [0, 0.1) is 5.82 Å². The first kappa shape index (κ1) is 19.9. The number of benzene rings is 1. The van der Waals surface area contributed by atoms with Crippen molar-refractivity contribution >= 4 is 24.2 Å². The summed E-state index contributed by atoms with van der Waals surface area (Å²) in [5.41, 5.74) is 6.33. The van der Waals surface area contributed by atoms with Gasteiger partial charge >= 0.3 is 0 Å². The average molecular weight is 382 g/mol. The van der Waals surface area contributed by atoms with Gasteiger partial charge in [0, 0.05) is 26.2 Å². The van der Waals surface area contributed by atoms with E-state index in [1.165, 1.54) is 12.3 Å². The molecule has 0 spiro atoms. The van der Waals surface area contributed by atoms with Gasteiger partial charge < -0.3 is 20.0 Å². The number of carbonyl (C=O) groups is 2. The monoisotopic (exact) mass is 381 g/mol. The summed E-state index contributed by atoms with van der Waals surface area (Å²) in [6.45, 7) is 1.98. The number of furan rings is 1. The van der Waals surface area contributed by atoms with Crippen LogP contribution in [0.5, 0.6) is 0 Å². The number of amides is 2. The molecule has 1 saturated heterocycles. The number of carbonyl (C=O) groups excluding carboxylic acids is 2. The summed E-state index contributed by atoms with van der Waals surface area (Å²) >= 11 is 0. The molecule has 0 radical (unpaired) electrons. The minimum absolute atomic E-state index is 0. The maximum atomic E-state index is 13.7. The molecule has 2 heterocycles. The minimum Gasteiger partial charge on any atom is -0.467 e. The van der Waals surface area contributed by atoms with Crippen molar-refractivity contribution in [3.05, 3.63) is 59.3 Å². The molecular formula is C18H21ClFN3O3. The molecule has 1 aliphatic heterocycles. The first-order chi connectivity index (χ1) is 12.1. The van der Waals surface area contributed by atoms with Crippen LogP contribution in [0.4, 0.5) is 4.39 Å². The van der Waals surface area contributed by atoms with Crippen LogP contribution in [-0.2, 0) is 17.8 Å². The standard InChI is InChI=1S/C18H20FN3O3.ClH/c19-16-4-2-1-3-13(16)10-17(23)21-5-7-22(8-6-21)18(24)14-9-15(11-20)25-12-14;/h1-4,9,12H,5-8,10-11,20H2;1H. The highest BCUT2D eigenvalue weighted by Crippen LogP contribution is 2.14. The van der Waals surface area contributed by atoms with Crippen molar-refractivity contribution in [2.45, 2.75) is 13.0 Å². The van der Waals surface area contributed by atoms with Gasteiger partial charge in [0.25, 0.3) is 5.91 Å². The molecule has 26 heavy (non-hydrogen) atoms. The van der Waals surface area contributed by atoms with Crippen molar-refractivity contribution in [2.24, 2.45) is 5.73 Å². The molecule has 2 N–H and O–H groups in total. The Morgan fingerprint density at radius 3 is 2.38 bits per heavy atom. The Bertz CT molecular complexity index is 773. The molecule has 0 unspecified atom stereocenters. The van der Waals surface area contributed by atoms with Crippen molar-refractivity contribution in [2.75, 3.05) is 26.2 Å². The van der Waals surface area contributed by atoms with Crippen LogP contribution >= 0.6 is 12.4 Å². The summed E-state index contributed by atoms with van der Waals surface area (Å²) in [4.78, 5) is 28.1. The third kappa shape index (κ3) is 4.42. The Labute approximate surface area is 157 Å². The van der Waals surface area contributed by atoms with Gasteiger partial charge in [-0.05, 0) is 17.7 Å². The Morgan fingerprint density at radius 2 is 1.77 bits per heavy atom. The van der Waals surface area contributed by atoms with Gasteiger partial charge in [-0.3, -0.25) is 9.59 Å². The van der Waals surface area contributed by atoms with E-state index in [1.54, 1.807) is 34.1 Å². The fourth-order valence-electron chi connectivity index (χ4n) is 2.86. The maximum Gasteiger partial charge on any atom is 0.257 e. The van der Waals surface area contributed by atoms with Crippen molar-refractivity contribution < 1.29 is 18.4 Å². The first-order valence-electron chi connectivity index (χ1n) is 8.16. The van der Waals surface area contributed by atoms with E-state index >= 15 is 0 Å². The van der Waals surface area contributed by atoms with Crippen molar-refractivity contribution in [3.8, 4) is 0 Å². The normalized spacial score (nSPS) is 14.1. The molecule has 0 saturated carbocycles. The van der Waals surface area contributed by atoms with Gasteiger partial charge in [-0.15, -0.1) is 12.4 Å². The molecule has 1 aromatic heterocycles. The lowest BCUT2D eigenvalue weighted by atomic mass is 10.1. The van der Waals surface area contributed by atoms with E-state index < -0.39 is 0 Å². The summed E-state index contributed by atoms with van der Waals surface area (Å²) in [6.07, 6.45) is 1.43. The number of nitrogens with two attached hydrogens (primary N) is 1.